The zero-order valence-corrected chi connectivity index (χ0v) is 50.1. The smallest absolute Gasteiger partial charge is 0.220 e. The summed E-state index contributed by atoms with van der Waals surface area (Å²) in [5.74, 6) is -0.254. The number of allylic oxidation sites excluding steroid dienone is 12. The van der Waals surface area contributed by atoms with Gasteiger partial charge in [-0.15, -0.1) is 0 Å². The minimum absolute atomic E-state index is 0.254. The largest absolute Gasteiger partial charge is 0.394 e. The molecule has 3 rings (SSSR count). The van der Waals surface area contributed by atoms with Gasteiger partial charge in [0.15, 0.2) is 18.9 Å². The lowest BCUT2D eigenvalue weighted by atomic mass is 9.96. The first-order valence-electron chi connectivity index (χ1n) is 31.7. The van der Waals surface area contributed by atoms with Gasteiger partial charge in [0.05, 0.1) is 38.6 Å². The summed E-state index contributed by atoms with van der Waals surface area (Å²) < 4.78 is 34.1. The molecule has 19 heteroatoms. The van der Waals surface area contributed by atoms with E-state index in [0.29, 0.717) is 12.8 Å². The quantitative estimate of drug-likeness (QED) is 0.0226. The van der Waals surface area contributed by atoms with Gasteiger partial charge in [0.2, 0.25) is 5.91 Å². The predicted octanol–water partition coefficient (Wildman–Crippen LogP) is 6.60. The summed E-state index contributed by atoms with van der Waals surface area (Å²) in [7, 11) is 0. The number of hydrogen-bond donors (Lipinski definition) is 12. The van der Waals surface area contributed by atoms with Gasteiger partial charge in [0.1, 0.15) is 73.2 Å². The van der Waals surface area contributed by atoms with E-state index in [1.54, 1.807) is 0 Å². The molecule has 3 heterocycles. The fraction of sp³-hybridized carbons (Fsp3) is 0.797. The van der Waals surface area contributed by atoms with Gasteiger partial charge >= 0.3 is 0 Å². The number of aliphatic hydroxyl groups excluding tert-OH is 11. The van der Waals surface area contributed by atoms with Crippen molar-refractivity contribution in [2.45, 2.75) is 298 Å². The van der Waals surface area contributed by atoms with Crippen molar-refractivity contribution in [1.29, 1.82) is 0 Å². The monoisotopic (exact) mass is 1180 g/mol. The van der Waals surface area contributed by atoms with E-state index in [-0.39, 0.29) is 18.9 Å². The first-order valence-corrected chi connectivity index (χ1v) is 31.7. The maximum Gasteiger partial charge on any atom is 0.220 e. The summed E-state index contributed by atoms with van der Waals surface area (Å²) in [6.07, 6.45) is 29.4. The van der Waals surface area contributed by atoms with Gasteiger partial charge in [0.25, 0.3) is 0 Å². The summed E-state index contributed by atoms with van der Waals surface area (Å²) in [4.78, 5) is 13.2. The van der Waals surface area contributed by atoms with Crippen molar-refractivity contribution in [3.63, 3.8) is 0 Å². The second-order valence-electron chi connectivity index (χ2n) is 22.5. The Kier molecular flexibility index (Phi) is 41.6. The van der Waals surface area contributed by atoms with Gasteiger partial charge in [-0.1, -0.05) is 196 Å². The third kappa shape index (κ3) is 29.7. The minimum atomic E-state index is -1.97. The maximum atomic E-state index is 13.2. The fourth-order valence-corrected chi connectivity index (χ4v) is 10.4. The Hall–Kier alpha value is -2.77. The second-order valence-corrected chi connectivity index (χ2v) is 22.5. The molecule has 0 bridgehead atoms. The van der Waals surface area contributed by atoms with Crippen LogP contribution >= 0.6 is 0 Å². The number of hydrogen-bond acceptors (Lipinski definition) is 18. The Bertz CT molecular complexity index is 1790. The third-order valence-electron chi connectivity index (χ3n) is 15.5. The second kappa shape index (κ2) is 46.4. The number of carbonyl (C=O) groups is 1. The molecule has 3 saturated heterocycles. The van der Waals surface area contributed by atoms with Crippen LogP contribution in [0.5, 0.6) is 0 Å². The van der Waals surface area contributed by atoms with Crippen molar-refractivity contribution in [3.8, 4) is 0 Å². The number of unbranched alkanes of at least 4 members (excludes halogenated alkanes) is 18. The van der Waals surface area contributed by atoms with Crippen LogP contribution in [0.4, 0.5) is 0 Å². The molecule has 3 fully saturated rings. The SMILES string of the molecule is CC/C=C\C/C=C\C/C=C\C/C=C\C/C=C\C/C=C\CCCCCCCCCCCCCCCCC(=O)NC(COC1OC(CO)C(OC2OC(CO)C(OC3OC(CO)C(O)C(O)C3O)C(O)C2O)C(O)C1O)C(O)CCCCCCC. The lowest BCUT2D eigenvalue weighted by Gasteiger charge is -2.48. The molecular weight excluding hydrogens is 1070 g/mol. The Labute approximate surface area is 496 Å². The molecule has 0 aromatic carbocycles. The van der Waals surface area contributed by atoms with Crippen LogP contribution in [0.2, 0.25) is 0 Å². The molecule has 12 N–H and O–H groups in total. The fourth-order valence-electron chi connectivity index (χ4n) is 10.4. The lowest BCUT2D eigenvalue weighted by Crippen LogP contribution is -2.66. The highest BCUT2D eigenvalue weighted by molar-refractivity contribution is 5.76. The van der Waals surface area contributed by atoms with Crippen LogP contribution in [-0.2, 0) is 33.2 Å². The number of rotatable bonds is 46. The van der Waals surface area contributed by atoms with Crippen LogP contribution in [0.1, 0.15) is 194 Å². The topological polar surface area (TPSA) is 307 Å². The standard InChI is InChI=1S/C64H111NO18/c1-3-5-7-9-10-11-12-13-14-15-16-17-18-19-20-21-22-23-24-25-26-27-28-29-30-31-32-33-34-35-36-38-40-42-52(70)65-47(48(69)41-39-37-8-6-4-2)46-78-62-58(76)55(73)60(50(44-67)80-62)83-64-59(77)56(74)61(51(45-68)81-64)82-63-57(75)54(72)53(71)49(43-66)79-63/h5,7,10-11,13-14,16-17,19-20,22-23,47-51,53-64,66-69,71-77H,3-4,6,8-9,12,15,18,21,24-46H2,1-2H3,(H,65,70)/b7-5-,11-10-,14-13-,17-16-,20-19-,23-22-. The summed E-state index contributed by atoms with van der Waals surface area (Å²) in [5, 5.41) is 120. The Morgan fingerprint density at radius 1 is 0.446 bits per heavy atom. The number of ether oxygens (including phenoxy) is 6. The molecule has 0 spiro atoms. The van der Waals surface area contributed by atoms with Crippen molar-refractivity contribution in [2.24, 2.45) is 0 Å². The van der Waals surface area contributed by atoms with E-state index in [9.17, 15) is 61.0 Å². The Morgan fingerprint density at radius 3 is 1.30 bits per heavy atom. The molecule has 83 heavy (non-hydrogen) atoms. The van der Waals surface area contributed by atoms with E-state index in [4.69, 9.17) is 28.4 Å². The van der Waals surface area contributed by atoms with E-state index >= 15 is 0 Å². The van der Waals surface area contributed by atoms with E-state index < -0.39 is 124 Å². The average Bonchev–Trinajstić information content (AvgIpc) is 3.52. The average molecular weight is 1180 g/mol. The molecule has 0 aliphatic carbocycles. The van der Waals surface area contributed by atoms with Gasteiger partial charge < -0.3 is 89.9 Å². The molecule has 3 aliphatic rings. The van der Waals surface area contributed by atoms with E-state index in [2.05, 4.69) is 92.1 Å². The number of nitrogens with one attached hydrogen (secondary N) is 1. The van der Waals surface area contributed by atoms with Crippen LogP contribution in [-0.4, -0.2) is 193 Å². The number of aliphatic hydroxyl groups is 11. The van der Waals surface area contributed by atoms with E-state index in [0.717, 1.165) is 96.3 Å². The van der Waals surface area contributed by atoms with Crippen molar-refractivity contribution >= 4 is 5.91 Å². The van der Waals surface area contributed by atoms with Crippen molar-refractivity contribution in [2.75, 3.05) is 26.4 Å². The lowest BCUT2D eigenvalue weighted by molar-refractivity contribution is -0.379. The summed E-state index contributed by atoms with van der Waals surface area (Å²) in [6.45, 7) is 1.55. The Balaban J connectivity index is 1.30. The van der Waals surface area contributed by atoms with Gasteiger partial charge in [0, 0.05) is 6.42 Å². The highest BCUT2D eigenvalue weighted by atomic mass is 16.8. The summed E-state index contributed by atoms with van der Waals surface area (Å²) in [6, 6.07) is -0.886. The van der Waals surface area contributed by atoms with E-state index in [1.165, 1.54) is 64.2 Å². The summed E-state index contributed by atoms with van der Waals surface area (Å²) >= 11 is 0. The van der Waals surface area contributed by atoms with Crippen LogP contribution in [0.25, 0.3) is 0 Å². The molecule has 0 saturated carbocycles. The predicted molar refractivity (Wildman–Crippen MR) is 318 cm³/mol. The third-order valence-corrected chi connectivity index (χ3v) is 15.5. The van der Waals surface area contributed by atoms with E-state index in [1.807, 2.05) is 0 Å². The highest BCUT2D eigenvalue weighted by Crippen LogP contribution is 2.33. The number of carbonyl (C=O) groups excluding carboxylic acids is 1. The molecule has 480 valence electrons. The molecule has 0 aromatic rings. The van der Waals surface area contributed by atoms with Crippen molar-refractivity contribution < 1.29 is 89.4 Å². The molecule has 3 aliphatic heterocycles. The zero-order chi connectivity index (χ0) is 60.5. The normalized spacial score (nSPS) is 29.9. The zero-order valence-electron chi connectivity index (χ0n) is 50.1. The minimum Gasteiger partial charge on any atom is -0.394 e. The van der Waals surface area contributed by atoms with Crippen LogP contribution in [0.3, 0.4) is 0 Å². The van der Waals surface area contributed by atoms with Crippen molar-refractivity contribution in [1.82, 2.24) is 5.32 Å². The van der Waals surface area contributed by atoms with Gasteiger partial charge in [-0.3, -0.25) is 4.79 Å². The van der Waals surface area contributed by atoms with Crippen LogP contribution < -0.4 is 5.32 Å². The Morgan fingerprint density at radius 2 is 0.831 bits per heavy atom. The van der Waals surface area contributed by atoms with Crippen molar-refractivity contribution in [3.05, 3.63) is 72.9 Å². The molecular formula is C64H111NO18. The first kappa shape index (κ1) is 74.5. The molecule has 19 nitrogen and oxygen atoms in total. The van der Waals surface area contributed by atoms with Crippen LogP contribution in [0, 0.1) is 0 Å². The summed E-state index contributed by atoms with van der Waals surface area (Å²) in [5.41, 5.74) is 0. The molecule has 1 amide bonds. The molecule has 0 aromatic heterocycles. The molecule has 17 atom stereocenters. The first-order chi connectivity index (χ1) is 40.3. The van der Waals surface area contributed by atoms with Gasteiger partial charge in [-0.25, -0.2) is 0 Å². The highest BCUT2D eigenvalue weighted by Gasteiger charge is 2.53. The van der Waals surface area contributed by atoms with Gasteiger partial charge in [-0.2, -0.15) is 0 Å². The van der Waals surface area contributed by atoms with Crippen LogP contribution in [0.15, 0.2) is 72.9 Å². The molecule has 17 unspecified atom stereocenters. The molecule has 0 radical (unpaired) electrons. The maximum absolute atomic E-state index is 13.2. The number of amides is 1. The van der Waals surface area contributed by atoms with Gasteiger partial charge in [-0.05, 0) is 64.2 Å².